The second kappa shape index (κ2) is 8.93. The number of tetrazole rings is 1. The molecule has 0 saturated heterocycles. The van der Waals surface area contributed by atoms with Crippen LogP contribution in [0.4, 0.5) is 11.4 Å². The van der Waals surface area contributed by atoms with Gasteiger partial charge in [0.05, 0.1) is 24.8 Å². The van der Waals surface area contributed by atoms with Crippen LogP contribution in [0.3, 0.4) is 0 Å². The Morgan fingerprint density at radius 2 is 1.93 bits per heavy atom. The molecule has 1 heterocycles. The highest BCUT2D eigenvalue weighted by atomic mass is 32.2. The van der Waals surface area contributed by atoms with E-state index in [1.165, 1.54) is 38.6 Å². The van der Waals surface area contributed by atoms with Crippen LogP contribution in [0.15, 0.2) is 53.6 Å². The Labute approximate surface area is 172 Å². The first-order chi connectivity index (χ1) is 14.5. The molecule has 0 spiro atoms. The van der Waals surface area contributed by atoms with Gasteiger partial charge >= 0.3 is 0 Å². The fourth-order valence-electron chi connectivity index (χ4n) is 2.41. The van der Waals surface area contributed by atoms with Crippen LogP contribution in [0.25, 0.3) is 5.57 Å². The number of sulfonamides is 1. The number of hydrogen-bond donors (Lipinski definition) is 3. The zero-order chi connectivity index (χ0) is 21.6. The van der Waals surface area contributed by atoms with Crippen molar-refractivity contribution in [2.45, 2.75) is 4.90 Å². The van der Waals surface area contributed by atoms with Crippen LogP contribution in [0.1, 0.15) is 5.82 Å². The summed E-state index contributed by atoms with van der Waals surface area (Å²) in [5, 5.41) is 25.2. The molecule has 3 rings (SSSR count). The lowest BCUT2D eigenvalue weighted by Gasteiger charge is -2.13. The molecular formula is C18H17N7O4S. The Morgan fingerprint density at radius 3 is 2.53 bits per heavy atom. The topological polar surface area (TPSA) is 155 Å². The summed E-state index contributed by atoms with van der Waals surface area (Å²) in [6, 6.07) is 12.7. The second-order valence-corrected chi connectivity index (χ2v) is 7.43. The van der Waals surface area contributed by atoms with Crippen LogP contribution in [-0.4, -0.2) is 43.3 Å². The van der Waals surface area contributed by atoms with E-state index in [1.54, 1.807) is 24.3 Å². The van der Waals surface area contributed by atoms with Gasteiger partial charge < -0.3 is 14.8 Å². The number of benzene rings is 2. The molecule has 3 aromatic rings. The third kappa shape index (κ3) is 4.65. The fraction of sp³-hybridized carbons (Fsp3) is 0.111. The fourth-order valence-corrected chi connectivity index (χ4v) is 3.47. The van der Waals surface area contributed by atoms with E-state index in [0.29, 0.717) is 17.2 Å². The Bertz CT molecular complexity index is 1180. The molecule has 0 unspecified atom stereocenters. The molecular weight excluding hydrogens is 410 g/mol. The SMILES string of the molecule is COc1ccc(OC)c(NS(=O)(=O)c2ccc(NC=C(C#N)c3nn[nH]n3)cc2)c1. The number of aromatic amines is 1. The van der Waals surface area contributed by atoms with Crippen LogP contribution in [0, 0.1) is 11.3 Å². The Kier molecular flexibility index (Phi) is 6.14. The number of aromatic nitrogens is 4. The standard InChI is InChI=1S/C18H17N7O4S/c1-28-14-5-8-17(29-2)16(9-14)23-30(26,27)15-6-3-13(4-7-15)20-11-12(10-19)18-21-24-25-22-18/h3-9,11,20,23H,1-2H3,(H,21,22,24,25). The maximum absolute atomic E-state index is 12.7. The lowest BCUT2D eigenvalue weighted by Crippen LogP contribution is -2.13. The number of nitriles is 1. The van der Waals surface area contributed by atoms with Gasteiger partial charge in [-0.2, -0.15) is 10.5 Å². The highest BCUT2D eigenvalue weighted by Crippen LogP contribution is 2.31. The molecule has 30 heavy (non-hydrogen) atoms. The summed E-state index contributed by atoms with van der Waals surface area (Å²) in [4.78, 5) is 0.0422. The first kappa shape index (κ1) is 20.6. The maximum Gasteiger partial charge on any atom is 0.262 e. The number of hydrogen-bond acceptors (Lipinski definition) is 9. The Balaban J connectivity index is 1.78. The minimum absolute atomic E-state index is 0.0422. The number of rotatable bonds is 8. The van der Waals surface area contributed by atoms with E-state index in [0.717, 1.165) is 0 Å². The predicted molar refractivity (Wildman–Crippen MR) is 108 cm³/mol. The molecule has 12 heteroatoms. The zero-order valence-electron chi connectivity index (χ0n) is 15.9. The molecule has 0 aliphatic carbocycles. The summed E-state index contributed by atoms with van der Waals surface area (Å²) in [5.41, 5.74) is 0.970. The molecule has 0 fully saturated rings. The Morgan fingerprint density at radius 1 is 1.17 bits per heavy atom. The molecule has 3 N–H and O–H groups in total. The van der Waals surface area contributed by atoms with Crippen molar-refractivity contribution >= 4 is 27.0 Å². The monoisotopic (exact) mass is 427 g/mol. The summed E-state index contributed by atoms with van der Waals surface area (Å²) < 4.78 is 38.3. The van der Waals surface area contributed by atoms with E-state index in [1.807, 2.05) is 6.07 Å². The zero-order valence-corrected chi connectivity index (χ0v) is 16.8. The third-order valence-corrected chi connectivity index (χ3v) is 5.29. The number of anilines is 2. The van der Waals surface area contributed by atoms with Gasteiger partial charge in [-0.05, 0) is 41.6 Å². The second-order valence-electron chi connectivity index (χ2n) is 5.75. The molecule has 0 saturated carbocycles. The molecule has 0 bridgehead atoms. The first-order valence-corrected chi connectivity index (χ1v) is 9.90. The van der Waals surface area contributed by atoms with Crippen LogP contribution in [0.2, 0.25) is 0 Å². The highest BCUT2D eigenvalue weighted by Gasteiger charge is 2.17. The van der Waals surface area contributed by atoms with Gasteiger partial charge in [-0.15, -0.1) is 10.2 Å². The van der Waals surface area contributed by atoms with Crippen LogP contribution in [-0.2, 0) is 10.0 Å². The van der Waals surface area contributed by atoms with Crippen molar-refractivity contribution in [2.24, 2.45) is 0 Å². The van der Waals surface area contributed by atoms with Gasteiger partial charge in [0.25, 0.3) is 10.0 Å². The van der Waals surface area contributed by atoms with Crippen molar-refractivity contribution in [3.63, 3.8) is 0 Å². The van der Waals surface area contributed by atoms with Gasteiger partial charge in [0.1, 0.15) is 23.1 Å². The van der Waals surface area contributed by atoms with Crippen molar-refractivity contribution in [3.8, 4) is 17.6 Å². The van der Waals surface area contributed by atoms with Crippen molar-refractivity contribution in [1.82, 2.24) is 20.6 Å². The molecule has 0 amide bonds. The van der Waals surface area contributed by atoms with Crippen LogP contribution < -0.4 is 19.5 Å². The molecule has 0 radical (unpaired) electrons. The van der Waals surface area contributed by atoms with Gasteiger partial charge in [-0.3, -0.25) is 4.72 Å². The average Bonchev–Trinajstić information content (AvgIpc) is 3.29. The number of ether oxygens (including phenoxy) is 2. The van der Waals surface area contributed by atoms with E-state index in [4.69, 9.17) is 14.7 Å². The van der Waals surface area contributed by atoms with E-state index < -0.39 is 10.0 Å². The first-order valence-electron chi connectivity index (χ1n) is 8.42. The summed E-state index contributed by atoms with van der Waals surface area (Å²) in [5.74, 6) is 0.976. The number of nitrogens with zero attached hydrogens (tertiary/aromatic N) is 4. The normalized spacial score (nSPS) is 11.4. The average molecular weight is 427 g/mol. The summed E-state index contributed by atoms with van der Waals surface area (Å²) >= 11 is 0. The van der Waals surface area contributed by atoms with Gasteiger partial charge in [-0.25, -0.2) is 8.42 Å². The summed E-state index contributed by atoms with van der Waals surface area (Å²) in [6.45, 7) is 0. The lowest BCUT2D eigenvalue weighted by atomic mass is 10.3. The largest absolute Gasteiger partial charge is 0.497 e. The van der Waals surface area contributed by atoms with E-state index in [9.17, 15) is 8.42 Å². The minimum atomic E-state index is -3.87. The number of methoxy groups -OCH3 is 2. The van der Waals surface area contributed by atoms with Crippen molar-refractivity contribution in [3.05, 3.63) is 54.5 Å². The number of nitrogens with one attached hydrogen (secondary N) is 3. The van der Waals surface area contributed by atoms with E-state index in [2.05, 4.69) is 30.7 Å². The molecule has 11 nitrogen and oxygen atoms in total. The smallest absolute Gasteiger partial charge is 0.262 e. The van der Waals surface area contributed by atoms with E-state index >= 15 is 0 Å². The molecule has 154 valence electrons. The van der Waals surface area contributed by atoms with Crippen molar-refractivity contribution in [1.29, 1.82) is 5.26 Å². The van der Waals surface area contributed by atoms with E-state index in [-0.39, 0.29) is 22.0 Å². The van der Waals surface area contributed by atoms with Gasteiger partial charge in [0, 0.05) is 18.0 Å². The molecule has 1 aromatic heterocycles. The van der Waals surface area contributed by atoms with Crippen LogP contribution in [0.5, 0.6) is 11.5 Å². The van der Waals surface area contributed by atoms with Gasteiger partial charge in [0.2, 0.25) is 5.82 Å². The lowest BCUT2D eigenvalue weighted by molar-refractivity contribution is 0.405. The molecule has 0 atom stereocenters. The Hall–Kier alpha value is -4.11. The third-order valence-electron chi connectivity index (χ3n) is 3.91. The summed E-state index contributed by atoms with van der Waals surface area (Å²) in [7, 11) is -0.948. The maximum atomic E-state index is 12.7. The molecule has 0 aliphatic heterocycles. The molecule has 0 aliphatic rings. The summed E-state index contributed by atoms with van der Waals surface area (Å²) in [6.07, 6.45) is 1.40. The number of allylic oxidation sites excluding steroid dienone is 1. The minimum Gasteiger partial charge on any atom is -0.497 e. The van der Waals surface area contributed by atoms with Crippen molar-refractivity contribution < 1.29 is 17.9 Å². The van der Waals surface area contributed by atoms with Gasteiger partial charge in [0.15, 0.2) is 0 Å². The highest BCUT2D eigenvalue weighted by molar-refractivity contribution is 7.92. The molecule has 2 aromatic carbocycles. The predicted octanol–water partition coefficient (Wildman–Crippen LogP) is 1.99. The van der Waals surface area contributed by atoms with Gasteiger partial charge in [-0.1, -0.05) is 0 Å². The quantitative estimate of drug-likeness (QED) is 0.458. The van der Waals surface area contributed by atoms with Crippen molar-refractivity contribution in [2.75, 3.05) is 24.3 Å². The number of H-pyrrole nitrogens is 1. The van der Waals surface area contributed by atoms with Crippen LogP contribution >= 0.6 is 0 Å².